The van der Waals surface area contributed by atoms with E-state index in [0.29, 0.717) is 12.3 Å². The van der Waals surface area contributed by atoms with Gasteiger partial charge in [-0.25, -0.2) is 4.79 Å². The average molecular weight is 348 g/mol. The predicted octanol–water partition coefficient (Wildman–Crippen LogP) is 1.28. The summed E-state index contributed by atoms with van der Waals surface area (Å²) in [6, 6.07) is 6.45. The molecule has 1 aromatic carbocycles. The van der Waals surface area contributed by atoms with E-state index in [0.717, 1.165) is 12.0 Å². The van der Waals surface area contributed by atoms with Gasteiger partial charge < -0.3 is 20.1 Å². The molecule has 1 aromatic rings. The highest BCUT2D eigenvalue weighted by Gasteiger charge is 2.15. The van der Waals surface area contributed by atoms with Gasteiger partial charge in [-0.3, -0.25) is 9.59 Å². The molecule has 1 rings (SSSR count). The Labute approximate surface area is 147 Å². The molecule has 0 aromatic heterocycles. The first-order valence-electron chi connectivity index (χ1n) is 8.02. The third-order valence-corrected chi connectivity index (χ3v) is 3.17. The van der Waals surface area contributed by atoms with Crippen molar-refractivity contribution in [3.63, 3.8) is 0 Å². The van der Waals surface area contributed by atoms with E-state index in [2.05, 4.69) is 10.6 Å². The quantitative estimate of drug-likeness (QED) is 0.518. The van der Waals surface area contributed by atoms with Gasteiger partial charge in [0, 0.05) is 12.6 Å². The van der Waals surface area contributed by atoms with Gasteiger partial charge in [0.05, 0.1) is 7.11 Å². The number of carbonyl (C=O) groups is 3. The van der Waals surface area contributed by atoms with Gasteiger partial charge in [-0.05, 0) is 37.1 Å². The molecule has 136 valence electrons. The molecule has 2 amide bonds. The fourth-order valence-corrected chi connectivity index (χ4v) is 1.84. The zero-order valence-corrected chi connectivity index (χ0v) is 14.7. The normalized spacial score (nSPS) is 11.6. The number of methoxy groups -OCH3 is 1. The Morgan fingerprint density at radius 2 is 2.04 bits per heavy atom. The highest BCUT2D eigenvalue weighted by Crippen LogP contribution is 2.13. The summed E-state index contributed by atoms with van der Waals surface area (Å²) in [5.74, 6) is -0.798. The molecule has 0 bridgehead atoms. The fourth-order valence-electron chi connectivity index (χ4n) is 1.84. The van der Waals surface area contributed by atoms with Crippen molar-refractivity contribution in [2.24, 2.45) is 0 Å². The van der Waals surface area contributed by atoms with Crippen LogP contribution in [0.1, 0.15) is 25.8 Å². The van der Waals surface area contributed by atoms with Crippen molar-refractivity contribution in [2.75, 3.05) is 20.3 Å². The second kappa shape index (κ2) is 10.9. The van der Waals surface area contributed by atoms with Crippen LogP contribution in [0.2, 0.25) is 0 Å². The summed E-state index contributed by atoms with van der Waals surface area (Å²) in [6.07, 6.45) is 3.59. The first-order chi connectivity index (χ1) is 12.0. The van der Waals surface area contributed by atoms with Crippen LogP contribution >= 0.6 is 0 Å². The Morgan fingerprint density at radius 3 is 2.72 bits per heavy atom. The van der Waals surface area contributed by atoms with Crippen LogP contribution in [0.25, 0.3) is 6.08 Å². The highest BCUT2D eigenvalue weighted by atomic mass is 16.5. The molecular formula is C18H24N2O5. The number of rotatable bonds is 9. The number of esters is 1. The standard InChI is InChI=1S/C18H24N2O5/c1-4-10-19-18(23)13(2)20-16(21)12-25-17(22)9-8-14-6-5-7-15(11-14)24-3/h5-9,11,13H,4,10,12H2,1-3H3,(H,19,23)(H,20,21)/b9-8+/t13-/m1/s1. The maximum absolute atomic E-state index is 11.7. The largest absolute Gasteiger partial charge is 0.497 e. The van der Waals surface area contributed by atoms with E-state index >= 15 is 0 Å². The van der Waals surface area contributed by atoms with Crippen molar-refractivity contribution >= 4 is 23.9 Å². The minimum absolute atomic E-state index is 0.278. The first kappa shape index (κ1) is 20.2. The first-order valence-corrected chi connectivity index (χ1v) is 8.02. The molecule has 7 heteroatoms. The number of hydrogen-bond donors (Lipinski definition) is 2. The lowest BCUT2D eigenvalue weighted by Crippen LogP contribution is -2.46. The lowest BCUT2D eigenvalue weighted by Gasteiger charge is -2.13. The second-order valence-corrected chi connectivity index (χ2v) is 5.30. The van der Waals surface area contributed by atoms with Crippen LogP contribution in [0.5, 0.6) is 5.75 Å². The molecule has 0 radical (unpaired) electrons. The van der Waals surface area contributed by atoms with Gasteiger partial charge in [-0.1, -0.05) is 19.1 Å². The smallest absolute Gasteiger partial charge is 0.331 e. The molecule has 0 fully saturated rings. The van der Waals surface area contributed by atoms with E-state index in [-0.39, 0.29) is 5.91 Å². The monoisotopic (exact) mass is 348 g/mol. The molecule has 0 aliphatic carbocycles. The van der Waals surface area contributed by atoms with E-state index in [9.17, 15) is 14.4 Å². The Kier molecular flexibility index (Phi) is 8.78. The number of nitrogens with one attached hydrogen (secondary N) is 2. The summed E-state index contributed by atoms with van der Waals surface area (Å²) in [5.41, 5.74) is 0.766. The number of carbonyl (C=O) groups excluding carboxylic acids is 3. The molecule has 25 heavy (non-hydrogen) atoms. The molecule has 0 saturated heterocycles. The molecule has 7 nitrogen and oxygen atoms in total. The summed E-state index contributed by atoms with van der Waals surface area (Å²) < 4.78 is 9.93. The van der Waals surface area contributed by atoms with Crippen molar-refractivity contribution < 1.29 is 23.9 Å². The van der Waals surface area contributed by atoms with Crippen LogP contribution < -0.4 is 15.4 Å². The molecule has 2 N–H and O–H groups in total. The number of ether oxygens (including phenoxy) is 2. The van der Waals surface area contributed by atoms with Gasteiger partial charge >= 0.3 is 5.97 Å². The predicted molar refractivity (Wildman–Crippen MR) is 93.9 cm³/mol. The maximum Gasteiger partial charge on any atom is 0.331 e. The Bertz CT molecular complexity index is 628. The molecule has 0 aliphatic heterocycles. The molecule has 0 saturated carbocycles. The van der Waals surface area contributed by atoms with Crippen LogP contribution in [-0.2, 0) is 19.1 Å². The van der Waals surface area contributed by atoms with Gasteiger partial charge in [0.15, 0.2) is 6.61 Å². The SMILES string of the molecule is CCCNC(=O)[C@@H](C)NC(=O)COC(=O)/C=C/c1cccc(OC)c1. The molecular weight excluding hydrogens is 324 g/mol. The summed E-state index contributed by atoms with van der Waals surface area (Å²) in [6.45, 7) is 3.59. The van der Waals surface area contributed by atoms with E-state index in [1.807, 2.05) is 6.92 Å². The lowest BCUT2D eigenvalue weighted by atomic mass is 10.2. The van der Waals surface area contributed by atoms with E-state index in [1.165, 1.54) is 6.08 Å². The number of benzene rings is 1. The summed E-state index contributed by atoms with van der Waals surface area (Å²) in [7, 11) is 1.55. The van der Waals surface area contributed by atoms with Gasteiger partial charge in [0.1, 0.15) is 11.8 Å². The molecule has 0 spiro atoms. The van der Waals surface area contributed by atoms with Crippen LogP contribution in [0.15, 0.2) is 30.3 Å². The van der Waals surface area contributed by atoms with E-state index in [4.69, 9.17) is 9.47 Å². The van der Waals surface area contributed by atoms with Crippen LogP contribution in [0, 0.1) is 0 Å². The topological polar surface area (TPSA) is 93.7 Å². The number of hydrogen-bond acceptors (Lipinski definition) is 5. The highest BCUT2D eigenvalue weighted by molar-refractivity contribution is 5.91. The van der Waals surface area contributed by atoms with E-state index < -0.39 is 24.5 Å². The average Bonchev–Trinajstić information content (AvgIpc) is 2.62. The molecule has 0 heterocycles. The van der Waals surface area contributed by atoms with Crippen molar-refractivity contribution in [1.29, 1.82) is 0 Å². The molecule has 0 unspecified atom stereocenters. The second-order valence-electron chi connectivity index (χ2n) is 5.30. The Hall–Kier alpha value is -2.83. The zero-order valence-electron chi connectivity index (χ0n) is 14.7. The van der Waals surface area contributed by atoms with E-state index in [1.54, 1.807) is 44.4 Å². The van der Waals surface area contributed by atoms with Crippen molar-refractivity contribution in [3.8, 4) is 5.75 Å². The summed E-state index contributed by atoms with van der Waals surface area (Å²) in [5, 5.41) is 5.13. The minimum atomic E-state index is -0.690. The molecule has 1 atom stereocenters. The van der Waals surface area contributed by atoms with Crippen LogP contribution in [-0.4, -0.2) is 44.1 Å². The van der Waals surface area contributed by atoms with Gasteiger partial charge in [-0.15, -0.1) is 0 Å². The van der Waals surface area contributed by atoms with Crippen LogP contribution in [0.3, 0.4) is 0 Å². The van der Waals surface area contributed by atoms with Crippen molar-refractivity contribution in [1.82, 2.24) is 10.6 Å². The lowest BCUT2D eigenvalue weighted by molar-refractivity contribution is -0.144. The Balaban J connectivity index is 2.38. The fraction of sp³-hybridized carbons (Fsp3) is 0.389. The summed E-state index contributed by atoms with van der Waals surface area (Å²) in [4.78, 5) is 35.0. The van der Waals surface area contributed by atoms with Crippen molar-refractivity contribution in [3.05, 3.63) is 35.9 Å². The molecule has 0 aliphatic rings. The third kappa shape index (κ3) is 8.01. The summed E-state index contributed by atoms with van der Waals surface area (Å²) >= 11 is 0. The minimum Gasteiger partial charge on any atom is -0.497 e. The third-order valence-electron chi connectivity index (χ3n) is 3.17. The van der Waals surface area contributed by atoms with Gasteiger partial charge in [0.2, 0.25) is 5.91 Å². The van der Waals surface area contributed by atoms with Gasteiger partial charge in [-0.2, -0.15) is 0 Å². The van der Waals surface area contributed by atoms with Crippen LogP contribution in [0.4, 0.5) is 0 Å². The zero-order chi connectivity index (χ0) is 18.7. The van der Waals surface area contributed by atoms with Gasteiger partial charge in [0.25, 0.3) is 5.91 Å². The Morgan fingerprint density at radius 1 is 1.28 bits per heavy atom. The maximum atomic E-state index is 11.7. The van der Waals surface area contributed by atoms with Crippen molar-refractivity contribution in [2.45, 2.75) is 26.3 Å². The number of amides is 2.